The Hall–Kier alpha value is -2.21. The molecule has 0 radical (unpaired) electrons. The van der Waals surface area contributed by atoms with E-state index >= 15 is 0 Å². The van der Waals surface area contributed by atoms with E-state index in [9.17, 15) is 18.0 Å². The number of rotatable bonds is 4. The first-order valence-corrected chi connectivity index (χ1v) is 6.16. The van der Waals surface area contributed by atoms with Crippen LogP contribution in [0, 0.1) is 17.5 Å². The van der Waals surface area contributed by atoms with Crippen molar-refractivity contribution in [2.45, 2.75) is 6.54 Å². The molecule has 0 aliphatic heterocycles. The Kier molecular flexibility index (Phi) is 4.37. The Morgan fingerprint density at radius 1 is 1.10 bits per heavy atom. The molecule has 2 N–H and O–H groups in total. The minimum Gasteiger partial charge on any atom is -0.478 e. The number of carboxylic acids is 1. The minimum atomic E-state index is -1.51. The first-order valence-electron chi connectivity index (χ1n) is 5.78. The molecule has 0 unspecified atom stereocenters. The van der Waals surface area contributed by atoms with E-state index in [1.54, 1.807) is 0 Å². The summed E-state index contributed by atoms with van der Waals surface area (Å²) in [6, 6.07) is 5.36. The van der Waals surface area contributed by atoms with Crippen molar-refractivity contribution in [2.24, 2.45) is 0 Å². The third kappa shape index (κ3) is 3.46. The molecule has 21 heavy (non-hydrogen) atoms. The van der Waals surface area contributed by atoms with Gasteiger partial charge in [-0.25, -0.2) is 18.0 Å². The Morgan fingerprint density at radius 3 is 2.43 bits per heavy atom. The first kappa shape index (κ1) is 15.2. The van der Waals surface area contributed by atoms with E-state index in [2.05, 4.69) is 5.32 Å². The fourth-order valence-electron chi connectivity index (χ4n) is 1.70. The largest absolute Gasteiger partial charge is 0.478 e. The van der Waals surface area contributed by atoms with Crippen LogP contribution < -0.4 is 5.32 Å². The van der Waals surface area contributed by atoms with Crippen molar-refractivity contribution in [3.05, 3.63) is 63.9 Å². The second-order valence-electron chi connectivity index (χ2n) is 4.22. The Morgan fingerprint density at radius 2 is 1.81 bits per heavy atom. The highest BCUT2D eigenvalue weighted by atomic mass is 35.5. The van der Waals surface area contributed by atoms with E-state index in [-0.39, 0.29) is 17.3 Å². The van der Waals surface area contributed by atoms with Crippen LogP contribution in [0.4, 0.5) is 18.9 Å². The van der Waals surface area contributed by atoms with Gasteiger partial charge in [0.05, 0.1) is 16.3 Å². The molecule has 0 atom stereocenters. The molecule has 110 valence electrons. The van der Waals surface area contributed by atoms with Crippen LogP contribution in [0.25, 0.3) is 0 Å². The minimum absolute atomic E-state index is 0.0235. The lowest BCUT2D eigenvalue weighted by molar-refractivity contribution is 0.0692. The van der Waals surface area contributed by atoms with Crippen molar-refractivity contribution in [1.29, 1.82) is 0 Å². The van der Waals surface area contributed by atoms with Gasteiger partial charge in [0, 0.05) is 12.6 Å². The molecule has 2 rings (SSSR count). The molecule has 0 saturated heterocycles. The Labute approximate surface area is 123 Å². The van der Waals surface area contributed by atoms with Crippen LogP contribution in [0.1, 0.15) is 15.9 Å². The highest BCUT2D eigenvalue weighted by molar-refractivity contribution is 6.30. The van der Waals surface area contributed by atoms with E-state index in [0.29, 0.717) is 11.6 Å². The zero-order chi connectivity index (χ0) is 15.6. The number of hydrogen-bond donors (Lipinski definition) is 2. The SMILES string of the molecule is O=C(O)c1cc(NCc2ccc(Cl)c(F)c2)c(F)cc1F. The average Bonchev–Trinajstić information content (AvgIpc) is 2.41. The zero-order valence-electron chi connectivity index (χ0n) is 10.5. The van der Waals surface area contributed by atoms with Gasteiger partial charge in [0.15, 0.2) is 0 Å². The summed E-state index contributed by atoms with van der Waals surface area (Å²) in [7, 11) is 0. The van der Waals surface area contributed by atoms with E-state index < -0.39 is 29.0 Å². The molecule has 0 aliphatic carbocycles. The number of anilines is 1. The van der Waals surface area contributed by atoms with Gasteiger partial charge in [-0.1, -0.05) is 17.7 Å². The maximum Gasteiger partial charge on any atom is 0.338 e. The monoisotopic (exact) mass is 315 g/mol. The average molecular weight is 316 g/mol. The molecule has 3 nitrogen and oxygen atoms in total. The molecule has 2 aromatic carbocycles. The predicted octanol–water partition coefficient (Wildman–Crippen LogP) is 4.07. The normalized spacial score (nSPS) is 10.5. The third-order valence-electron chi connectivity index (χ3n) is 2.75. The van der Waals surface area contributed by atoms with Crippen LogP contribution in [-0.2, 0) is 6.54 Å². The standard InChI is InChI=1S/C14H9ClF3NO2/c15-9-2-1-7(3-11(9)17)6-19-13-4-8(14(20)21)10(16)5-12(13)18/h1-5,19H,6H2,(H,20,21). The number of aromatic carboxylic acids is 1. The van der Waals surface area contributed by atoms with Crippen LogP contribution in [0.5, 0.6) is 0 Å². The summed E-state index contributed by atoms with van der Waals surface area (Å²) in [5.41, 5.74) is -0.372. The van der Waals surface area contributed by atoms with Crippen molar-refractivity contribution in [1.82, 2.24) is 0 Å². The quantitative estimate of drug-likeness (QED) is 0.894. The van der Waals surface area contributed by atoms with Crippen molar-refractivity contribution in [3.63, 3.8) is 0 Å². The number of benzene rings is 2. The molecule has 0 amide bonds. The molecular weight excluding hydrogens is 307 g/mol. The molecule has 2 aromatic rings. The maximum absolute atomic E-state index is 13.5. The zero-order valence-corrected chi connectivity index (χ0v) is 11.2. The summed E-state index contributed by atoms with van der Waals surface area (Å²) in [6.45, 7) is 0.0235. The third-order valence-corrected chi connectivity index (χ3v) is 3.06. The lowest BCUT2D eigenvalue weighted by Gasteiger charge is -2.09. The summed E-state index contributed by atoms with van der Waals surface area (Å²) in [5.74, 6) is -4.23. The van der Waals surface area contributed by atoms with Crippen LogP contribution in [0.15, 0.2) is 30.3 Å². The smallest absolute Gasteiger partial charge is 0.338 e. The summed E-state index contributed by atoms with van der Waals surface area (Å²) >= 11 is 5.53. The van der Waals surface area contributed by atoms with Crippen molar-refractivity contribution < 1.29 is 23.1 Å². The van der Waals surface area contributed by atoms with Gasteiger partial charge in [0.1, 0.15) is 17.5 Å². The maximum atomic E-state index is 13.5. The van der Waals surface area contributed by atoms with Gasteiger partial charge >= 0.3 is 5.97 Å². The van der Waals surface area contributed by atoms with Gasteiger partial charge in [0.2, 0.25) is 0 Å². The second kappa shape index (κ2) is 6.05. The molecule has 0 saturated carbocycles. The summed E-state index contributed by atoms with van der Waals surface area (Å²) in [5, 5.41) is 11.3. The van der Waals surface area contributed by atoms with Gasteiger partial charge in [-0.05, 0) is 23.8 Å². The van der Waals surface area contributed by atoms with E-state index in [1.807, 2.05) is 0 Å². The van der Waals surface area contributed by atoms with Gasteiger partial charge < -0.3 is 10.4 Å². The fraction of sp³-hybridized carbons (Fsp3) is 0.0714. The predicted molar refractivity (Wildman–Crippen MR) is 72.1 cm³/mol. The molecular formula is C14H9ClF3NO2. The number of halogens is 4. The molecule has 0 heterocycles. The second-order valence-corrected chi connectivity index (χ2v) is 4.63. The number of carboxylic acid groups (broad SMARTS) is 1. The highest BCUT2D eigenvalue weighted by Gasteiger charge is 2.15. The molecule has 7 heteroatoms. The van der Waals surface area contributed by atoms with Crippen LogP contribution in [-0.4, -0.2) is 11.1 Å². The first-order chi connectivity index (χ1) is 9.88. The summed E-state index contributed by atoms with van der Waals surface area (Å²) in [6.07, 6.45) is 0. The van der Waals surface area contributed by atoms with Crippen LogP contribution >= 0.6 is 11.6 Å². The fourth-order valence-corrected chi connectivity index (χ4v) is 1.81. The Balaban J connectivity index is 2.21. The number of carbonyl (C=O) groups is 1. The highest BCUT2D eigenvalue weighted by Crippen LogP contribution is 2.21. The molecule has 0 fully saturated rings. The summed E-state index contributed by atoms with van der Waals surface area (Å²) < 4.78 is 40.0. The molecule has 0 bridgehead atoms. The topological polar surface area (TPSA) is 49.3 Å². The lowest BCUT2D eigenvalue weighted by atomic mass is 10.1. The Bertz CT molecular complexity index is 707. The molecule has 0 aromatic heterocycles. The van der Waals surface area contributed by atoms with Gasteiger partial charge in [-0.2, -0.15) is 0 Å². The van der Waals surface area contributed by atoms with Gasteiger partial charge in [-0.15, -0.1) is 0 Å². The van der Waals surface area contributed by atoms with E-state index in [4.69, 9.17) is 16.7 Å². The number of nitrogens with one attached hydrogen (secondary N) is 1. The lowest BCUT2D eigenvalue weighted by Crippen LogP contribution is -2.07. The number of hydrogen-bond acceptors (Lipinski definition) is 2. The van der Waals surface area contributed by atoms with Gasteiger partial charge in [-0.3, -0.25) is 0 Å². The van der Waals surface area contributed by atoms with Crippen molar-refractivity contribution >= 4 is 23.3 Å². The molecule has 0 aliphatic rings. The van der Waals surface area contributed by atoms with Crippen molar-refractivity contribution in [3.8, 4) is 0 Å². The van der Waals surface area contributed by atoms with Crippen LogP contribution in [0.2, 0.25) is 5.02 Å². The van der Waals surface area contributed by atoms with Gasteiger partial charge in [0.25, 0.3) is 0 Å². The summed E-state index contributed by atoms with van der Waals surface area (Å²) in [4.78, 5) is 10.8. The van der Waals surface area contributed by atoms with E-state index in [1.165, 1.54) is 12.1 Å². The molecule has 0 spiro atoms. The van der Waals surface area contributed by atoms with Crippen LogP contribution in [0.3, 0.4) is 0 Å². The van der Waals surface area contributed by atoms with Crippen molar-refractivity contribution in [2.75, 3.05) is 5.32 Å². The van der Waals surface area contributed by atoms with E-state index in [0.717, 1.165) is 12.1 Å².